The minimum absolute atomic E-state index is 0.249. The first-order valence-electron chi connectivity index (χ1n) is 5.00. The molecule has 1 rings (SSSR count). The van der Waals surface area contributed by atoms with Crippen LogP contribution in [0.5, 0.6) is 0 Å². The Morgan fingerprint density at radius 3 is 2.33 bits per heavy atom. The number of nitro benzene ring substituents is 1. The van der Waals surface area contributed by atoms with Gasteiger partial charge in [-0.05, 0) is 12.5 Å². The van der Waals surface area contributed by atoms with Crippen LogP contribution in [0.1, 0.15) is 30.9 Å². The Kier molecular flexibility index (Phi) is 3.73. The van der Waals surface area contributed by atoms with Gasteiger partial charge in [-0.3, -0.25) is 14.9 Å². The Morgan fingerprint density at radius 2 is 1.94 bits per heavy atom. The van der Waals surface area contributed by atoms with Crippen LogP contribution in [0, 0.1) is 10.1 Å². The van der Waals surface area contributed by atoms with Gasteiger partial charge >= 0.3 is 6.18 Å². The highest BCUT2D eigenvalue weighted by molar-refractivity contribution is 5.83. The Labute approximate surface area is 101 Å². The van der Waals surface area contributed by atoms with Crippen molar-refractivity contribution in [3.05, 3.63) is 39.4 Å². The fraction of sp³-hybridized carbons (Fsp3) is 0.364. The van der Waals surface area contributed by atoms with E-state index in [0.717, 1.165) is 12.1 Å². The van der Waals surface area contributed by atoms with Crippen molar-refractivity contribution in [2.45, 2.75) is 25.9 Å². The van der Waals surface area contributed by atoms with Crippen LogP contribution in [0.4, 0.5) is 18.9 Å². The van der Waals surface area contributed by atoms with Gasteiger partial charge in [0.25, 0.3) is 5.69 Å². The maximum atomic E-state index is 12.8. The molecule has 4 nitrogen and oxygen atoms in total. The minimum atomic E-state index is -4.73. The number of non-ortho nitro benzene ring substituents is 1. The van der Waals surface area contributed by atoms with Crippen LogP contribution in [0.25, 0.3) is 0 Å². The zero-order chi connectivity index (χ0) is 14.1. The van der Waals surface area contributed by atoms with E-state index in [1.807, 2.05) is 0 Å². The van der Waals surface area contributed by atoms with Gasteiger partial charge in [0, 0.05) is 18.1 Å². The van der Waals surface area contributed by atoms with Crippen molar-refractivity contribution < 1.29 is 22.9 Å². The number of carbonyl (C=O) groups excluding carboxylic acids is 1. The Balaban J connectivity index is 3.44. The Hall–Kier alpha value is -1.92. The highest BCUT2D eigenvalue weighted by Gasteiger charge is 2.36. The second kappa shape index (κ2) is 4.75. The highest BCUT2D eigenvalue weighted by atomic mass is 19.4. The lowest BCUT2D eigenvalue weighted by Crippen LogP contribution is -2.14. The van der Waals surface area contributed by atoms with Crippen LogP contribution in [0.2, 0.25) is 0 Å². The first kappa shape index (κ1) is 14.1. The van der Waals surface area contributed by atoms with Gasteiger partial charge in [0.05, 0.1) is 10.5 Å². The van der Waals surface area contributed by atoms with E-state index >= 15 is 0 Å². The maximum absolute atomic E-state index is 12.8. The molecule has 1 aromatic carbocycles. The van der Waals surface area contributed by atoms with Crippen molar-refractivity contribution in [1.82, 2.24) is 0 Å². The third-order valence-corrected chi connectivity index (χ3v) is 2.63. The Bertz CT molecular complexity index is 497. The van der Waals surface area contributed by atoms with E-state index in [1.165, 1.54) is 13.8 Å². The number of hydrogen-bond acceptors (Lipinski definition) is 3. The molecular weight excluding hydrogens is 251 g/mol. The first-order valence-corrected chi connectivity index (χ1v) is 5.00. The molecule has 1 atom stereocenters. The number of rotatable bonds is 3. The van der Waals surface area contributed by atoms with E-state index in [4.69, 9.17) is 0 Å². The molecule has 0 aromatic heterocycles. The first-order chi connectivity index (χ1) is 8.14. The maximum Gasteiger partial charge on any atom is 0.416 e. The van der Waals surface area contributed by atoms with Crippen LogP contribution >= 0.6 is 0 Å². The van der Waals surface area contributed by atoms with E-state index in [2.05, 4.69) is 0 Å². The normalized spacial score (nSPS) is 13.2. The second-order valence-corrected chi connectivity index (χ2v) is 3.86. The van der Waals surface area contributed by atoms with Gasteiger partial charge in [0.1, 0.15) is 5.78 Å². The average molecular weight is 261 g/mol. The van der Waals surface area contributed by atoms with E-state index < -0.39 is 34.1 Å². The molecule has 0 aliphatic carbocycles. The predicted octanol–water partition coefficient (Wildman–Crippen LogP) is 3.31. The van der Waals surface area contributed by atoms with E-state index in [9.17, 15) is 28.1 Å². The van der Waals surface area contributed by atoms with Crippen molar-refractivity contribution in [3.63, 3.8) is 0 Å². The standard InChI is InChI=1S/C11H10F3NO3/c1-6(7(2)16)9-4-3-8(15(17)18)5-10(9)11(12,13)14/h3-6H,1-2H3. The molecule has 0 spiro atoms. The fourth-order valence-corrected chi connectivity index (χ4v) is 1.50. The van der Waals surface area contributed by atoms with Crippen molar-refractivity contribution in [2.75, 3.05) is 0 Å². The van der Waals surface area contributed by atoms with Crippen LogP contribution in [-0.4, -0.2) is 10.7 Å². The summed E-state index contributed by atoms with van der Waals surface area (Å²) >= 11 is 0. The Morgan fingerprint density at radius 1 is 1.39 bits per heavy atom. The number of hydrogen-bond donors (Lipinski definition) is 0. The molecule has 0 heterocycles. The summed E-state index contributed by atoms with van der Waals surface area (Å²) in [5, 5.41) is 10.5. The molecule has 0 amide bonds. The zero-order valence-electron chi connectivity index (χ0n) is 9.62. The van der Waals surface area contributed by atoms with E-state index in [-0.39, 0.29) is 5.56 Å². The number of Topliss-reactive ketones (excluding diaryl/α,β-unsaturated/α-hetero) is 1. The van der Waals surface area contributed by atoms with Crippen LogP contribution < -0.4 is 0 Å². The summed E-state index contributed by atoms with van der Waals surface area (Å²) in [4.78, 5) is 20.7. The summed E-state index contributed by atoms with van der Waals surface area (Å²) in [7, 11) is 0. The predicted molar refractivity (Wildman–Crippen MR) is 57.2 cm³/mol. The third-order valence-electron chi connectivity index (χ3n) is 2.63. The molecule has 18 heavy (non-hydrogen) atoms. The van der Waals surface area contributed by atoms with Gasteiger partial charge in [0.15, 0.2) is 0 Å². The summed E-state index contributed by atoms with van der Waals surface area (Å²) in [6, 6.07) is 2.39. The summed E-state index contributed by atoms with van der Waals surface area (Å²) in [6.07, 6.45) is -4.73. The smallest absolute Gasteiger partial charge is 0.299 e. The minimum Gasteiger partial charge on any atom is -0.299 e. The molecular formula is C11H10F3NO3. The van der Waals surface area contributed by atoms with Gasteiger partial charge in [-0.2, -0.15) is 13.2 Å². The monoisotopic (exact) mass is 261 g/mol. The largest absolute Gasteiger partial charge is 0.416 e. The molecule has 0 saturated carbocycles. The average Bonchev–Trinajstić information content (AvgIpc) is 2.25. The SMILES string of the molecule is CC(=O)C(C)c1ccc([N+](=O)[O-])cc1C(F)(F)F. The third kappa shape index (κ3) is 2.85. The number of carbonyl (C=O) groups is 1. The summed E-state index contributed by atoms with van der Waals surface area (Å²) in [5.74, 6) is -1.39. The molecule has 7 heteroatoms. The molecule has 0 fully saturated rings. The molecule has 0 radical (unpaired) electrons. The van der Waals surface area contributed by atoms with Gasteiger partial charge in [-0.25, -0.2) is 0 Å². The number of ketones is 1. The number of halogens is 3. The van der Waals surface area contributed by atoms with Crippen LogP contribution in [-0.2, 0) is 11.0 Å². The van der Waals surface area contributed by atoms with Crippen LogP contribution in [0.15, 0.2) is 18.2 Å². The molecule has 1 aromatic rings. The molecule has 0 aliphatic rings. The number of benzene rings is 1. The van der Waals surface area contributed by atoms with Crippen molar-refractivity contribution in [3.8, 4) is 0 Å². The highest BCUT2D eigenvalue weighted by Crippen LogP contribution is 2.37. The van der Waals surface area contributed by atoms with Crippen molar-refractivity contribution in [1.29, 1.82) is 0 Å². The van der Waals surface area contributed by atoms with Crippen LogP contribution in [0.3, 0.4) is 0 Å². The second-order valence-electron chi connectivity index (χ2n) is 3.86. The van der Waals surface area contributed by atoms with Gasteiger partial charge in [0.2, 0.25) is 0 Å². The molecule has 0 aliphatic heterocycles. The van der Waals surface area contributed by atoms with Crippen molar-refractivity contribution in [2.24, 2.45) is 0 Å². The van der Waals surface area contributed by atoms with Gasteiger partial charge in [-0.1, -0.05) is 13.0 Å². The van der Waals surface area contributed by atoms with E-state index in [1.54, 1.807) is 0 Å². The molecule has 98 valence electrons. The lowest BCUT2D eigenvalue weighted by molar-refractivity contribution is -0.385. The lowest BCUT2D eigenvalue weighted by atomic mass is 9.92. The van der Waals surface area contributed by atoms with Crippen molar-refractivity contribution >= 4 is 11.5 Å². The molecule has 0 bridgehead atoms. The lowest BCUT2D eigenvalue weighted by Gasteiger charge is -2.16. The number of nitrogens with zero attached hydrogens (tertiary/aromatic N) is 1. The molecule has 0 N–H and O–H groups in total. The quantitative estimate of drug-likeness (QED) is 0.619. The van der Waals surface area contributed by atoms with Gasteiger partial charge < -0.3 is 0 Å². The molecule has 1 unspecified atom stereocenters. The zero-order valence-corrected chi connectivity index (χ0v) is 9.62. The summed E-state index contributed by atoms with van der Waals surface area (Å²) < 4.78 is 38.3. The summed E-state index contributed by atoms with van der Waals surface area (Å²) in [5.41, 5.74) is -2.04. The fourth-order valence-electron chi connectivity index (χ4n) is 1.50. The summed E-state index contributed by atoms with van der Waals surface area (Å²) in [6.45, 7) is 2.50. The topological polar surface area (TPSA) is 60.2 Å². The molecule has 0 saturated heterocycles. The number of alkyl halides is 3. The van der Waals surface area contributed by atoms with E-state index in [0.29, 0.717) is 6.07 Å². The number of nitro groups is 1. The van der Waals surface area contributed by atoms with Gasteiger partial charge in [-0.15, -0.1) is 0 Å².